The Morgan fingerprint density at radius 2 is 2.55 bits per heavy atom. The van der Waals surface area contributed by atoms with Gasteiger partial charge in [0.15, 0.2) is 0 Å². The van der Waals surface area contributed by atoms with Crippen molar-refractivity contribution in [3.63, 3.8) is 0 Å². The van der Waals surface area contributed by atoms with Crippen LogP contribution in [0.2, 0.25) is 0 Å². The van der Waals surface area contributed by atoms with E-state index in [2.05, 4.69) is 4.74 Å². The van der Waals surface area contributed by atoms with Gasteiger partial charge in [0.2, 0.25) is 0 Å². The van der Waals surface area contributed by atoms with Crippen LogP contribution in [0.5, 0.6) is 0 Å². The summed E-state index contributed by atoms with van der Waals surface area (Å²) in [4.78, 5) is 10.7. The van der Waals surface area contributed by atoms with E-state index in [0.717, 1.165) is 12.3 Å². The Balaban J connectivity index is 2.06. The fourth-order valence-corrected chi connectivity index (χ4v) is 2.57. The molecule has 2 nitrogen and oxygen atoms in total. The summed E-state index contributed by atoms with van der Waals surface area (Å²) in [7, 11) is 1.45. The number of thioether (sulfide) groups is 1. The van der Waals surface area contributed by atoms with Gasteiger partial charge < -0.3 is 4.74 Å². The number of rotatable bonds is 3. The second-order valence-electron chi connectivity index (χ2n) is 2.84. The molecule has 3 heteroatoms. The van der Waals surface area contributed by atoms with E-state index in [9.17, 15) is 4.79 Å². The highest BCUT2D eigenvalue weighted by Crippen LogP contribution is 2.26. The molecule has 0 aromatic carbocycles. The molecular weight excluding hydrogens is 160 g/mol. The number of esters is 1. The lowest BCUT2D eigenvalue weighted by Crippen LogP contribution is -2.05. The van der Waals surface area contributed by atoms with Gasteiger partial charge in [-0.2, -0.15) is 11.8 Å². The molecule has 0 spiro atoms. The van der Waals surface area contributed by atoms with E-state index in [0.29, 0.717) is 6.42 Å². The van der Waals surface area contributed by atoms with Crippen LogP contribution < -0.4 is 0 Å². The van der Waals surface area contributed by atoms with Crippen molar-refractivity contribution in [2.45, 2.75) is 19.3 Å². The molecule has 1 saturated heterocycles. The van der Waals surface area contributed by atoms with Gasteiger partial charge in [-0.1, -0.05) is 0 Å². The molecule has 0 aromatic heterocycles. The Labute approximate surface area is 71.7 Å². The van der Waals surface area contributed by atoms with Crippen LogP contribution >= 0.6 is 11.8 Å². The molecule has 0 aromatic rings. The minimum absolute atomic E-state index is 0.0677. The molecule has 0 aliphatic carbocycles. The van der Waals surface area contributed by atoms with Gasteiger partial charge >= 0.3 is 5.97 Å². The standard InChI is InChI=1S/C8H14O2S/c1-10-8(9)3-2-7-4-5-11-6-7/h7H,2-6H2,1H3. The van der Waals surface area contributed by atoms with Crippen molar-refractivity contribution in [1.82, 2.24) is 0 Å². The highest BCUT2D eigenvalue weighted by atomic mass is 32.2. The van der Waals surface area contributed by atoms with Crippen molar-refractivity contribution < 1.29 is 9.53 Å². The average Bonchev–Trinajstić information content (AvgIpc) is 2.52. The average molecular weight is 174 g/mol. The van der Waals surface area contributed by atoms with Gasteiger partial charge in [-0.05, 0) is 30.3 Å². The lowest BCUT2D eigenvalue weighted by molar-refractivity contribution is -0.140. The number of hydrogen-bond acceptors (Lipinski definition) is 3. The largest absolute Gasteiger partial charge is 0.469 e. The first-order valence-corrected chi connectivity index (χ1v) is 5.13. The molecule has 1 fully saturated rings. The van der Waals surface area contributed by atoms with Crippen LogP contribution in [-0.4, -0.2) is 24.6 Å². The Bertz CT molecular complexity index is 130. The smallest absolute Gasteiger partial charge is 0.305 e. The summed E-state index contributed by atoms with van der Waals surface area (Å²) in [6, 6.07) is 0. The first-order chi connectivity index (χ1) is 5.33. The number of methoxy groups -OCH3 is 1. The molecule has 0 radical (unpaired) electrons. The van der Waals surface area contributed by atoms with Crippen LogP contribution in [0, 0.1) is 5.92 Å². The summed E-state index contributed by atoms with van der Waals surface area (Å²) in [5, 5.41) is 0. The van der Waals surface area contributed by atoms with Gasteiger partial charge in [0.25, 0.3) is 0 Å². The second-order valence-corrected chi connectivity index (χ2v) is 3.99. The summed E-state index contributed by atoms with van der Waals surface area (Å²) < 4.78 is 4.56. The molecule has 0 amide bonds. The van der Waals surface area contributed by atoms with E-state index in [4.69, 9.17) is 0 Å². The summed E-state index contributed by atoms with van der Waals surface area (Å²) in [6.45, 7) is 0. The first-order valence-electron chi connectivity index (χ1n) is 3.97. The number of hydrogen-bond donors (Lipinski definition) is 0. The molecule has 64 valence electrons. The fraction of sp³-hybridized carbons (Fsp3) is 0.875. The Hall–Kier alpha value is -0.180. The van der Waals surface area contributed by atoms with Crippen molar-refractivity contribution in [1.29, 1.82) is 0 Å². The molecule has 11 heavy (non-hydrogen) atoms. The molecule has 0 saturated carbocycles. The zero-order valence-corrected chi connectivity index (χ0v) is 7.65. The fourth-order valence-electron chi connectivity index (χ4n) is 1.24. The SMILES string of the molecule is COC(=O)CCC1CCSC1. The van der Waals surface area contributed by atoms with Gasteiger partial charge in [0.1, 0.15) is 0 Å². The molecule has 1 unspecified atom stereocenters. The molecule has 1 rings (SSSR count). The molecule has 0 bridgehead atoms. The van der Waals surface area contributed by atoms with Crippen molar-refractivity contribution in [2.75, 3.05) is 18.6 Å². The van der Waals surface area contributed by atoms with Gasteiger partial charge in [-0.15, -0.1) is 0 Å². The third kappa shape index (κ3) is 3.14. The van der Waals surface area contributed by atoms with Gasteiger partial charge in [-0.25, -0.2) is 0 Å². The first kappa shape index (κ1) is 8.91. The maximum absolute atomic E-state index is 10.7. The Morgan fingerprint density at radius 3 is 3.09 bits per heavy atom. The van der Waals surface area contributed by atoms with Crippen LogP contribution in [0.3, 0.4) is 0 Å². The molecule has 1 heterocycles. The van der Waals surface area contributed by atoms with Crippen molar-refractivity contribution in [3.8, 4) is 0 Å². The van der Waals surface area contributed by atoms with Gasteiger partial charge in [-0.3, -0.25) is 4.79 Å². The van der Waals surface area contributed by atoms with E-state index in [-0.39, 0.29) is 5.97 Å². The maximum Gasteiger partial charge on any atom is 0.305 e. The van der Waals surface area contributed by atoms with Crippen LogP contribution in [-0.2, 0) is 9.53 Å². The quantitative estimate of drug-likeness (QED) is 0.609. The van der Waals surface area contributed by atoms with Gasteiger partial charge in [0.05, 0.1) is 7.11 Å². The topological polar surface area (TPSA) is 26.3 Å². The zero-order chi connectivity index (χ0) is 8.10. The van der Waals surface area contributed by atoms with Crippen LogP contribution in [0.1, 0.15) is 19.3 Å². The minimum atomic E-state index is -0.0677. The molecule has 1 atom stereocenters. The molecule has 1 aliphatic rings. The second kappa shape index (κ2) is 4.65. The number of ether oxygens (including phenoxy) is 1. The molecule has 0 N–H and O–H groups in total. The summed E-state index contributed by atoms with van der Waals surface area (Å²) in [6.07, 6.45) is 2.89. The van der Waals surface area contributed by atoms with E-state index >= 15 is 0 Å². The normalized spacial score (nSPS) is 23.5. The van der Waals surface area contributed by atoms with E-state index in [1.54, 1.807) is 0 Å². The lowest BCUT2D eigenvalue weighted by atomic mass is 10.0. The van der Waals surface area contributed by atoms with E-state index in [1.165, 1.54) is 25.0 Å². The molecule has 1 aliphatic heterocycles. The van der Waals surface area contributed by atoms with Crippen molar-refractivity contribution in [2.24, 2.45) is 5.92 Å². The Morgan fingerprint density at radius 1 is 1.73 bits per heavy atom. The highest BCUT2D eigenvalue weighted by Gasteiger charge is 2.16. The Kier molecular flexibility index (Phi) is 3.77. The molecular formula is C8H14O2S. The number of carbonyl (C=O) groups excluding carboxylic acids is 1. The minimum Gasteiger partial charge on any atom is -0.469 e. The lowest BCUT2D eigenvalue weighted by Gasteiger charge is -2.05. The van der Waals surface area contributed by atoms with E-state index in [1.807, 2.05) is 11.8 Å². The van der Waals surface area contributed by atoms with Crippen molar-refractivity contribution in [3.05, 3.63) is 0 Å². The number of carbonyl (C=O) groups is 1. The summed E-state index contributed by atoms with van der Waals surface area (Å²) in [5.74, 6) is 3.20. The van der Waals surface area contributed by atoms with Crippen LogP contribution in [0.25, 0.3) is 0 Å². The zero-order valence-electron chi connectivity index (χ0n) is 6.84. The van der Waals surface area contributed by atoms with Gasteiger partial charge in [0, 0.05) is 6.42 Å². The van der Waals surface area contributed by atoms with Crippen molar-refractivity contribution >= 4 is 17.7 Å². The summed E-state index contributed by atoms with van der Waals surface area (Å²) in [5.41, 5.74) is 0. The van der Waals surface area contributed by atoms with E-state index < -0.39 is 0 Å². The summed E-state index contributed by atoms with van der Waals surface area (Å²) >= 11 is 1.99. The third-order valence-electron chi connectivity index (χ3n) is 2.01. The predicted octanol–water partition coefficient (Wildman–Crippen LogP) is 1.69. The maximum atomic E-state index is 10.7. The monoisotopic (exact) mass is 174 g/mol. The van der Waals surface area contributed by atoms with Crippen LogP contribution in [0.4, 0.5) is 0 Å². The third-order valence-corrected chi connectivity index (χ3v) is 3.24. The highest BCUT2D eigenvalue weighted by molar-refractivity contribution is 7.99. The predicted molar refractivity (Wildman–Crippen MR) is 46.7 cm³/mol. The van der Waals surface area contributed by atoms with Crippen LogP contribution in [0.15, 0.2) is 0 Å².